The predicted octanol–water partition coefficient (Wildman–Crippen LogP) is 0.992. The molecule has 3 aromatic rings. The molecule has 0 saturated heterocycles. The van der Waals surface area contributed by atoms with Crippen LogP contribution in [0.1, 0.15) is 19.4 Å². The van der Waals surface area contributed by atoms with Crippen LogP contribution < -0.4 is 9.83 Å². The maximum Gasteiger partial charge on any atom is 0.240 e. The number of sulfonamides is 1. The van der Waals surface area contributed by atoms with Crippen LogP contribution in [-0.2, 0) is 10.0 Å². The normalized spacial score (nSPS) is 12.5. The first-order chi connectivity index (χ1) is 12.8. The van der Waals surface area contributed by atoms with Gasteiger partial charge < -0.3 is 5.11 Å². The molecule has 0 radical (unpaired) electrons. The fourth-order valence-corrected chi connectivity index (χ4v) is 3.56. The molecule has 0 fully saturated rings. The zero-order valence-corrected chi connectivity index (χ0v) is 15.4. The molecule has 1 aromatic heterocycles. The van der Waals surface area contributed by atoms with Crippen molar-refractivity contribution in [2.24, 2.45) is 4.99 Å². The zero-order valence-electron chi connectivity index (χ0n) is 14.6. The summed E-state index contributed by atoms with van der Waals surface area (Å²) in [6.45, 7) is 3.48. The largest absolute Gasteiger partial charge is 0.858 e. The summed E-state index contributed by atoms with van der Waals surface area (Å²) in [5.41, 5.74) is 1.47. The number of aliphatic imine (C=N–C) groups is 1. The molecule has 1 heterocycles. The van der Waals surface area contributed by atoms with Crippen LogP contribution in [0.15, 0.2) is 58.4 Å². The standard InChI is InChI=1S/C17H18N6O3S/c1-11(2)21-27(25,26)15-9-7-14(8-10-15)18-17(24)13-5-3-12(4-6-13)16-19-22-23-20-16/h3-11,21H,1-2H3,(H,18,24)(H,19,20,22,23)/p-1. The maximum absolute atomic E-state index is 12.3. The summed E-state index contributed by atoms with van der Waals surface area (Å²) in [6, 6.07) is 12.2. The van der Waals surface area contributed by atoms with Gasteiger partial charge in [-0.1, -0.05) is 24.3 Å². The van der Waals surface area contributed by atoms with E-state index >= 15 is 0 Å². The Hall–Kier alpha value is -3.11. The number of aromatic nitrogens is 4. The summed E-state index contributed by atoms with van der Waals surface area (Å²) in [4.78, 5) is 4.12. The molecule has 0 spiro atoms. The number of aromatic amines is 1. The Labute approximate surface area is 156 Å². The van der Waals surface area contributed by atoms with E-state index in [2.05, 4.69) is 30.3 Å². The van der Waals surface area contributed by atoms with Gasteiger partial charge in [0.05, 0.1) is 10.6 Å². The highest BCUT2D eigenvalue weighted by molar-refractivity contribution is 7.89. The van der Waals surface area contributed by atoms with E-state index in [1.165, 1.54) is 24.3 Å². The Morgan fingerprint density at radius 2 is 1.78 bits per heavy atom. The lowest BCUT2D eigenvalue weighted by atomic mass is 10.1. The van der Waals surface area contributed by atoms with Crippen LogP contribution in [0.3, 0.4) is 0 Å². The molecule has 0 aliphatic rings. The number of H-pyrrole nitrogens is 1. The molecule has 0 aliphatic heterocycles. The molecule has 0 aliphatic carbocycles. The summed E-state index contributed by atoms with van der Waals surface area (Å²) < 4.78 is 26.7. The quantitative estimate of drug-likeness (QED) is 0.480. The number of hydrogen-bond acceptors (Lipinski definition) is 7. The highest BCUT2D eigenvalue weighted by Gasteiger charge is 2.14. The van der Waals surface area contributed by atoms with Crippen molar-refractivity contribution in [2.45, 2.75) is 24.8 Å². The van der Waals surface area contributed by atoms with Crippen LogP contribution in [0, 0.1) is 0 Å². The van der Waals surface area contributed by atoms with E-state index in [0.717, 1.165) is 0 Å². The molecule has 0 unspecified atom stereocenters. The molecule has 0 amide bonds. The van der Waals surface area contributed by atoms with Gasteiger partial charge in [0.15, 0.2) is 0 Å². The highest BCUT2D eigenvalue weighted by Crippen LogP contribution is 2.19. The number of rotatable bonds is 6. The first-order valence-electron chi connectivity index (χ1n) is 8.07. The van der Waals surface area contributed by atoms with Crippen LogP contribution in [-0.4, -0.2) is 41.0 Å². The summed E-state index contributed by atoms with van der Waals surface area (Å²) in [6.07, 6.45) is 0. The van der Waals surface area contributed by atoms with Crippen molar-refractivity contribution in [3.8, 4) is 11.4 Å². The minimum absolute atomic E-state index is 0.118. The van der Waals surface area contributed by atoms with Gasteiger partial charge in [-0.05, 0) is 54.8 Å². The number of nitrogens with one attached hydrogen (secondary N) is 2. The second kappa shape index (κ2) is 7.64. The molecule has 2 aromatic carbocycles. The van der Waals surface area contributed by atoms with Gasteiger partial charge in [-0.3, -0.25) is 4.99 Å². The zero-order chi connectivity index (χ0) is 19.4. The first kappa shape index (κ1) is 18.7. The minimum atomic E-state index is -3.58. The monoisotopic (exact) mass is 385 g/mol. The van der Waals surface area contributed by atoms with Crippen molar-refractivity contribution < 1.29 is 13.5 Å². The van der Waals surface area contributed by atoms with E-state index < -0.39 is 15.9 Å². The molecule has 140 valence electrons. The highest BCUT2D eigenvalue weighted by atomic mass is 32.2. The summed E-state index contributed by atoms with van der Waals surface area (Å²) in [5, 5.41) is 25.9. The van der Waals surface area contributed by atoms with Gasteiger partial charge in [0, 0.05) is 11.6 Å². The van der Waals surface area contributed by atoms with Crippen molar-refractivity contribution >= 4 is 21.6 Å². The fourth-order valence-electron chi connectivity index (χ4n) is 2.31. The van der Waals surface area contributed by atoms with Gasteiger partial charge in [0.2, 0.25) is 15.8 Å². The molecule has 27 heavy (non-hydrogen) atoms. The Bertz CT molecular complexity index is 1030. The second-order valence-electron chi connectivity index (χ2n) is 6.00. The van der Waals surface area contributed by atoms with Gasteiger partial charge in [-0.15, -0.1) is 10.2 Å². The van der Waals surface area contributed by atoms with Crippen LogP contribution in [0.4, 0.5) is 5.69 Å². The van der Waals surface area contributed by atoms with Crippen molar-refractivity contribution in [1.82, 2.24) is 25.3 Å². The van der Waals surface area contributed by atoms with E-state index in [-0.39, 0.29) is 10.9 Å². The van der Waals surface area contributed by atoms with Gasteiger partial charge in [0.1, 0.15) is 0 Å². The van der Waals surface area contributed by atoms with Crippen molar-refractivity contribution in [3.63, 3.8) is 0 Å². The van der Waals surface area contributed by atoms with Crippen molar-refractivity contribution in [1.29, 1.82) is 0 Å². The maximum atomic E-state index is 12.3. The van der Waals surface area contributed by atoms with Gasteiger partial charge in [0.25, 0.3) is 0 Å². The Balaban J connectivity index is 1.78. The Morgan fingerprint density at radius 3 is 2.33 bits per heavy atom. The van der Waals surface area contributed by atoms with E-state index in [1.54, 1.807) is 38.1 Å². The molecule has 9 nitrogen and oxygen atoms in total. The third kappa shape index (κ3) is 4.54. The van der Waals surface area contributed by atoms with E-state index in [9.17, 15) is 13.5 Å². The SMILES string of the molecule is CC(C)NS(=O)(=O)c1ccc(N=C([O-])c2ccc(-c3nn[nH]n3)cc2)cc1. The van der Waals surface area contributed by atoms with E-state index in [4.69, 9.17) is 0 Å². The average molecular weight is 385 g/mol. The lowest BCUT2D eigenvalue weighted by molar-refractivity contribution is -0.212. The number of hydrogen-bond donors (Lipinski definition) is 2. The molecular weight excluding hydrogens is 368 g/mol. The number of nitrogens with zero attached hydrogens (tertiary/aromatic N) is 4. The summed E-state index contributed by atoms with van der Waals surface area (Å²) >= 11 is 0. The number of tetrazole rings is 1. The summed E-state index contributed by atoms with van der Waals surface area (Å²) in [7, 11) is -3.58. The number of benzene rings is 2. The summed E-state index contributed by atoms with van der Waals surface area (Å²) in [5.74, 6) is -0.0108. The van der Waals surface area contributed by atoms with Crippen molar-refractivity contribution in [2.75, 3.05) is 0 Å². The molecule has 0 bridgehead atoms. The van der Waals surface area contributed by atoms with Crippen LogP contribution in [0.2, 0.25) is 0 Å². The van der Waals surface area contributed by atoms with Crippen molar-refractivity contribution in [3.05, 3.63) is 54.1 Å². The smallest absolute Gasteiger partial charge is 0.240 e. The average Bonchev–Trinajstić information content (AvgIpc) is 3.16. The molecule has 10 heteroatoms. The van der Waals surface area contributed by atoms with Crippen LogP contribution in [0.25, 0.3) is 11.4 Å². The molecule has 2 N–H and O–H groups in total. The lowest BCUT2D eigenvalue weighted by Crippen LogP contribution is -2.30. The Kier molecular flexibility index (Phi) is 5.28. The topological polar surface area (TPSA) is 136 Å². The second-order valence-corrected chi connectivity index (χ2v) is 7.71. The molecule has 0 atom stereocenters. The molecule has 3 rings (SSSR count). The van der Waals surface area contributed by atoms with Gasteiger partial charge >= 0.3 is 0 Å². The van der Waals surface area contributed by atoms with E-state index in [1.807, 2.05) is 0 Å². The van der Waals surface area contributed by atoms with Gasteiger partial charge in [-0.2, -0.15) is 5.21 Å². The first-order valence-corrected chi connectivity index (χ1v) is 9.56. The third-order valence-electron chi connectivity index (χ3n) is 3.50. The predicted molar refractivity (Wildman–Crippen MR) is 97.7 cm³/mol. The van der Waals surface area contributed by atoms with Crippen LogP contribution >= 0.6 is 0 Å². The third-order valence-corrected chi connectivity index (χ3v) is 5.18. The minimum Gasteiger partial charge on any atom is -0.858 e. The van der Waals surface area contributed by atoms with Crippen LogP contribution in [0.5, 0.6) is 0 Å². The molecule has 0 saturated carbocycles. The van der Waals surface area contributed by atoms with Gasteiger partial charge in [-0.25, -0.2) is 13.1 Å². The van der Waals surface area contributed by atoms with E-state index in [0.29, 0.717) is 22.6 Å². The lowest BCUT2D eigenvalue weighted by Gasteiger charge is -2.12. The molecular formula is C17H17N6O3S-. The Morgan fingerprint density at radius 1 is 1.11 bits per heavy atom. The fraction of sp³-hybridized carbons (Fsp3) is 0.176.